The molecule has 102 valence electrons. The van der Waals surface area contributed by atoms with Gasteiger partial charge in [0.2, 0.25) is 0 Å². The number of hydrogen-bond donors (Lipinski definition) is 2. The molecular formula is C13H17FN4O. The summed E-state index contributed by atoms with van der Waals surface area (Å²) in [5, 5.41) is 19.8. The van der Waals surface area contributed by atoms with Crippen LogP contribution in [0.1, 0.15) is 11.3 Å². The normalized spacial score (nSPS) is 10.8. The first kappa shape index (κ1) is 13.6. The van der Waals surface area contributed by atoms with Gasteiger partial charge < -0.3 is 10.4 Å². The molecule has 5 nitrogen and oxygen atoms in total. The molecule has 2 N–H and O–H groups in total. The summed E-state index contributed by atoms with van der Waals surface area (Å²) in [6, 6.07) is 6.60. The van der Waals surface area contributed by atoms with Gasteiger partial charge in [-0.1, -0.05) is 17.3 Å². The zero-order valence-corrected chi connectivity index (χ0v) is 10.6. The Bertz CT molecular complexity index is 515. The molecule has 0 unspecified atom stereocenters. The maximum atomic E-state index is 13.0. The molecule has 0 aliphatic rings. The molecule has 6 heteroatoms. The van der Waals surface area contributed by atoms with Crippen molar-refractivity contribution in [2.24, 2.45) is 0 Å². The second-order valence-electron chi connectivity index (χ2n) is 4.25. The Balaban J connectivity index is 1.71. The van der Waals surface area contributed by atoms with Crippen LogP contribution >= 0.6 is 0 Å². The molecule has 0 aliphatic heterocycles. The zero-order valence-electron chi connectivity index (χ0n) is 10.6. The molecule has 0 saturated carbocycles. The van der Waals surface area contributed by atoms with Crippen LogP contribution in [0.25, 0.3) is 0 Å². The fourth-order valence-electron chi connectivity index (χ4n) is 1.77. The Morgan fingerprint density at radius 3 is 3.05 bits per heavy atom. The summed E-state index contributed by atoms with van der Waals surface area (Å²) >= 11 is 0. The van der Waals surface area contributed by atoms with E-state index in [0.29, 0.717) is 13.1 Å². The molecule has 2 rings (SSSR count). The Labute approximate surface area is 111 Å². The van der Waals surface area contributed by atoms with Gasteiger partial charge in [0.1, 0.15) is 5.82 Å². The molecule has 1 aromatic carbocycles. The first-order valence-corrected chi connectivity index (χ1v) is 6.23. The first-order valence-electron chi connectivity index (χ1n) is 6.23. The van der Waals surface area contributed by atoms with E-state index in [0.717, 1.165) is 24.2 Å². The Kier molecular flexibility index (Phi) is 5.00. The largest absolute Gasteiger partial charge is 0.394 e. The fraction of sp³-hybridized carbons (Fsp3) is 0.385. The molecule has 0 bridgehead atoms. The van der Waals surface area contributed by atoms with Gasteiger partial charge in [0.15, 0.2) is 0 Å². The highest BCUT2D eigenvalue weighted by molar-refractivity contribution is 5.16. The lowest BCUT2D eigenvalue weighted by atomic mass is 10.1. The van der Waals surface area contributed by atoms with E-state index in [-0.39, 0.29) is 12.4 Å². The Morgan fingerprint density at radius 1 is 1.37 bits per heavy atom. The van der Waals surface area contributed by atoms with E-state index in [1.807, 2.05) is 6.07 Å². The van der Waals surface area contributed by atoms with Crippen LogP contribution in [0.4, 0.5) is 4.39 Å². The first-order chi connectivity index (χ1) is 9.28. The number of hydrogen-bond acceptors (Lipinski definition) is 4. The SMILES string of the molecule is OCCn1cc(CNCCc2cccc(F)c2)nn1. The van der Waals surface area contributed by atoms with Crippen LogP contribution in [0.3, 0.4) is 0 Å². The van der Waals surface area contributed by atoms with Gasteiger partial charge in [-0.25, -0.2) is 9.07 Å². The average molecular weight is 264 g/mol. The van der Waals surface area contributed by atoms with Crippen molar-refractivity contribution in [3.63, 3.8) is 0 Å². The van der Waals surface area contributed by atoms with Crippen molar-refractivity contribution < 1.29 is 9.50 Å². The smallest absolute Gasteiger partial charge is 0.123 e. The molecular weight excluding hydrogens is 247 g/mol. The number of benzene rings is 1. The second-order valence-corrected chi connectivity index (χ2v) is 4.25. The van der Waals surface area contributed by atoms with Crippen molar-refractivity contribution in [2.45, 2.75) is 19.5 Å². The van der Waals surface area contributed by atoms with Gasteiger partial charge in [-0.3, -0.25) is 0 Å². The highest BCUT2D eigenvalue weighted by Gasteiger charge is 2.00. The van der Waals surface area contributed by atoms with E-state index in [4.69, 9.17) is 5.11 Å². The lowest BCUT2D eigenvalue weighted by molar-refractivity contribution is 0.268. The van der Waals surface area contributed by atoms with E-state index < -0.39 is 0 Å². The summed E-state index contributed by atoms with van der Waals surface area (Å²) in [5.74, 6) is -0.204. The monoisotopic (exact) mass is 264 g/mol. The highest BCUT2D eigenvalue weighted by Crippen LogP contribution is 2.03. The standard InChI is InChI=1S/C13H17FN4O/c14-12-3-1-2-11(8-12)4-5-15-9-13-10-18(6-7-19)17-16-13/h1-3,8,10,15,19H,4-7,9H2. The molecule has 1 aromatic heterocycles. The van der Waals surface area contributed by atoms with Gasteiger partial charge >= 0.3 is 0 Å². The summed E-state index contributed by atoms with van der Waals surface area (Å²) in [6.45, 7) is 1.86. The second kappa shape index (κ2) is 6.96. The van der Waals surface area contributed by atoms with Crippen LogP contribution in [0.5, 0.6) is 0 Å². The number of halogens is 1. The minimum atomic E-state index is -0.204. The molecule has 0 fully saturated rings. The van der Waals surface area contributed by atoms with Gasteiger partial charge in [-0.15, -0.1) is 5.10 Å². The van der Waals surface area contributed by atoms with E-state index in [1.165, 1.54) is 6.07 Å². The third-order valence-corrected chi connectivity index (χ3v) is 2.70. The van der Waals surface area contributed by atoms with E-state index in [2.05, 4.69) is 15.6 Å². The minimum Gasteiger partial charge on any atom is -0.394 e. The van der Waals surface area contributed by atoms with Gasteiger partial charge in [0.05, 0.1) is 18.8 Å². The van der Waals surface area contributed by atoms with Crippen LogP contribution < -0.4 is 5.32 Å². The quantitative estimate of drug-likeness (QED) is 0.724. The van der Waals surface area contributed by atoms with Crippen LogP contribution in [0, 0.1) is 5.82 Å². The van der Waals surface area contributed by atoms with E-state index >= 15 is 0 Å². The van der Waals surface area contributed by atoms with Crippen molar-refractivity contribution >= 4 is 0 Å². The number of rotatable bonds is 7. The zero-order chi connectivity index (χ0) is 13.5. The summed E-state index contributed by atoms with van der Waals surface area (Å²) in [6.07, 6.45) is 2.56. The third kappa shape index (κ3) is 4.42. The summed E-state index contributed by atoms with van der Waals surface area (Å²) in [7, 11) is 0. The molecule has 19 heavy (non-hydrogen) atoms. The van der Waals surface area contributed by atoms with Crippen molar-refractivity contribution in [2.75, 3.05) is 13.2 Å². The van der Waals surface area contributed by atoms with Gasteiger partial charge in [0, 0.05) is 12.7 Å². The van der Waals surface area contributed by atoms with E-state index in [1.54, 1.807) is 23.0 Å². The van der Waals surface area contributed by atoms with Crippen LogP contribution in [-0.2, 0) is 19.5 Å². The minimum absolute atomic E-state index is 0.0514. The predicted octanol–water partition coefficient (Wildman–Crippen LogP) is 0.742. The predicted molar refractivity (Wildman–Crippen MR) is 68.9 cm³/mol. The Hall–Kier alpha value is -1.79. The topological polar surface area (TPSA) is 63.0 Å². The molecule has 0 atom stereocenters. The van der Waals surface area contributed by atoms with Crippen molar-refractivity contribution in [1.29, 1.82) is 0 Å². The summed E-state index contributed by atoms with van der Waals surface area (Å²) in [5.41, 5.74) is 1.80. The number of nitrogens with one attached hydrogen (secondary N) is 1. The van der Waals surface area contributed by atoms with Crippen molar-refractivity contribution in [1.82, 2.24) is 20.3 Å². The number of aromatic nitrogens is 3. The molecule has 0 amide bonds. The van der Waals surface area contributed by atoms with E-state index in [9.17, 15) is 4.39 Å². The highest BCUT2D eigenvalue weighted by atomic mass is 19.1. The lowest BCUT2D eigenvalue weighted by Crippen LogP contribution is -2.17. The van der Waals surface area contributed by atoms with Crippen LogP contribution in [-0.4, -0.2) is 33.3 Å². The van der Waals surface area contributed by atoms with Crippen molar-refractivity contribution in [3.05, 3.63) is 47.5 Å². The average Bonchev–Trinajstić information content (AvgIpc) is 2.83. The summed E-state index contributed by atoms with van der Waals surface area (Å²) < 4.78 is 14.6. The van der Waals surface area contributed by atoms with Crippen LogP contribution in [0.2, 0.25) is 0 Å². The number of aliphatic hydroxyl groups excluding tert-OH is 1. The maximum Gasteiger partial charge on any atom is 0.123 e. The molecule has 0 spiro atoms. The lowest BCUT2D eigenvalue weighted by Gasteiger charge is -2.03. The van der Waals surface area contributed by atoms with Gasteiger partial charge in [-0.2, -0.15) is 0 Å². The van der Waals surface area contributed by atoms with Gasteiger partial charge in [-0.05, 0) is 30.7 Å². The maximum absolute atomic E-state index is 13.0. The number of aliphatic hydroxyl groups is 1. The van der Waals surface area contributed by atoms with Crippen LogP contribution in [0.15, 0.2) is 30.5 Å². The number of nitrogens with zero attached hydrogens (tertiary/aromatic N) is 3. The Morgan fingerprint density at radius 2 is 2.26 bits per heavy atom. The molecule has 0 radical (unpaired) electrons. The summed E-state index contributed by atoms with van der Waals surface area (Å²) in [4.78, 5) is 0. The third-order valence-electron chi connectivity index (χ3n) is 2.70. The molecule has 2 aromatic rings. The van der Waals surface area contributed by atoms with Gasteiger partial charge in [0.25, 0.3) is 0 Å². The molecule has 1 heterocycles. The molecule has 0 saturated heterocycles. The van der Waals surface area contributed by atoms with Crippen molar-refractivity contribution in [3.8, 4) is 0 Å². The molecule has 0 aliphatic carbocycles. The fourth-order valence-corrected chi connectivity index (χ4v) is 1.77.